The fraction of sp³-hybridized carbons (Fsp3) is 0.304. The van der Waals surface area contributed by atoms with Gasteiger partial charge < -0.3 is 33.5 Å². The minimum atomic E-state index is -5.14. The minimum absolute atomic E-state index is 0. The van der Waals surface area contributed by atoms with Crippen LogP contribution < -0.4 is 73.6 Å². The largest absolute Gasteiger partial charge is 1.00 e. The van der Waals surface area contributed by atoms with Gasteiger partial charge in [0.25, 0.3) is 22.4 Å². The van der Waals surface area contributed by atoms with E-state index in [1.807, 2.05) is 13.0 Å². The zero-order valence-corrected chi connectivity index (χ0v) is 44.5. The molecule has 0 aliphatic carbocycles. The summed E-state index contributed by atoms with van der Waals surface area (Å²) in [4.78, 5) is 18.1. The molecule has 1 aliphatic rings. The van der Waals surface area contributed by atoms with Gasteiger partial charge in [-0.15, -0.1) is 9.50 Å². The summed E-state index contributed by atoms with van der Waals surface area (Å²) < 4.78 is 166. The van der Waals surface area contributed by atoms with E-state index in [0.717, 1.165) is 39.9 Å². The number of aromatic nitrogens is 4. The van der Waals surface area contributed by atoms with Gasteiger partial charge in [0.2, 0.25) is 5.65 Å². The number of carbonyl (C=O) groups excluding carboxylic acids is 1. The second-order valence-corrected chi connectivity index (χ2v) is 18.4. The average molecular weight is 1100 g/mol. The predicted molar refractivity (Wildman–Crippen MR) is 248 cm³/mol. The summed E-state index contributed by atoms with van der Waals surface area (Å²) in [6, 6.07) is 20.2. The van der Waals surface area contributed by atoms with E-state index < -0.39 is 91.4 Å². The Hall–Kier alpha value is -7.06. The van der Waals surface area contributed by atoms with Crippen LogP contribution >= 0.6 is 0 Å². The fourth-order valence-electron chi connectivity index (χ4n) is 6.29. The molecule has 75 heavy (non-hydrogen) atoms. The molecule has 3 heterocycles. The molecule has 0 fully saturated rings. The fourth-order valence-corrected chi connectivity index (χ4v) is 8.92. The maximum Gasteiger partial charge on any atom is 1.00 e. The third kappa shape index (κ3) is 15.7. The Kier molecular flexibility index (Phi) is 21.3. The Morgan fingerprint density at radius 2 is 1.61 bits per heavy atom. The molecule has 0 unspecified atom stereocenters. The summed E-state index contributed by atoms with van der Waals surface area (Å²) in [6.45, 7) is 5.96. The van der Waals surface area contributed by atoms with Gasteiger partial charge in [0.1, 0.15) is 28.8 Å². The van der Waals surface area contributed by atoms with E-state index in [1.165, 1.54) is 38.6 Å². The zero-order chi connectivity index (χ0) is 54.5. The SMILES string of the molecule is CC(C)N1C([O-])=c2ccccc2=NS1(=O)=O.CCCCOC(=O)[C@@H](C)Oc1ccc(Oc2ccc(C#N)cc2F)cc1.COc1cnc(OC)n2nc(NS(=O)(=O)c3c(OCC(F)F)cccc3C(F)(F)F)nc12.[Na+]. The Labute approximate surface area is 447 Å². The van der Waals surface area contributed by atoms with Gasteiger partial charge >= 0.3 is 57.9 Å². The second-order valence-electron chi connectivity index (χ2n) is 15.3. The van der Waals surface area contributed by atoms with Crippen LogP contribution in [-0.2, 0) is 35.9 Å². The van der Waals surface area contributed by atoms with Crippen LogP contribution in [0.5, 0.6) is 34.8 Å². The van der Waals surface area contributed by atoms with Crippen molar-refractivity contribution in [3.8, 4) is 40.8 Å². The molecule has 29 heteroatoms. The molecule has 0 amide bonds. The molecule has 7 rings (SSSR count). The maximum atomic E-state index is 13.8. The number of nitriles is 1. The quantitative estimate of drug-likeness (QED) is 0.0596. The first kappa shape index (κ1) is 60.5. The molecule has 1 aliphatic heterocycles. The summed E-state index contributed by atoms with van der Waals surface area (Å²) in [5.41, 5.74) is -1.47. The van der Waals surface area contributed by atoms with Crippen LogP contribution in [0.15, 0.2) is 100 Å². The van der Waals surface area contributed by atoms with Crippen molar-refractivity contribution in [1.29, 1.82) is 5.26 Å². The van der Waals surface area contributed by atoms with Gasteiger partial charge in [-0.1, -0.05) is 37.6 Å². The summed E-state index contributed by atoms with van der Waals surface area (Å²) in [5.74, 6) is -2.19. The molecule has 396 valence electrons. The first-order valence-corrected chi connectivity index (χ1v) is 24.5. The third-order valence-corrected chi connectivity index (χ3v) is 12.5. The molecule has 1 N–H and O–H groups in total. The number of anilines is 1. The van der Waals surface area contributed by atoms with Crippen molar-refractivity contribution in [2.75, 3.05) is 32.2 Å². The van der Waals surface area contributed by atoms with Crippen LogP contribution in [0.3, 0.4) is 0 Å². The van der Waals surface area contributed by atoms with Crippen LogP contribution in [0.25, 0.3) is 11.5 Å². The summed E-state index contributed by atoms with van der Waals surface area (Å²) in [7, 11) is -6.44. The first-order valence-electron chi connectivity index (χ1n) is 21.6. The van der Waals surface area contributed by atoms with Crippen molar-refractivity contribution in [3.05, 3.63) is 119 Å². The minimum Gasteiger partial charge on any atom is -0.859 e. The number of nitrogens with one attached hydrogen (secondary N) is 1. The molecule has 1 atom stereocenters. The number of hydrogen-bond donors (Lipinski definition) is 1. The van der Waals surface area contributed by atoms with Gasteiger partial charge in [-0.2, -0.15) is 41.3 Å². The summed E-state index contributed by atoms with van der Waals surface area (Å²) in [6.07, 6.45) is -5.96. The number of sulfonamides is 1. The van der Waals surface area contributed by atoms with E-state index >= 15 is 0 Å². The Balaban J connectivity index is 0.000000254. The van der Waals surface area contributed by atoms with E-state index in [1.54, 1.807) is 68.0 Å². The van der Waals surface area contributed by atoms with Crippen molar-refractivity contribution in [3.63, 3.8) is 0 Å². The molecule has 6 aromatic rings. The van der Waals surface area contributed by atoms with Crippen LogP contribution in [0.4, 0.5) is 32.3 Å². The molecular weight excluding hydrogens is 1060 g/mol. The van der Waals surface area contributed by atoms with Gasteiger partial charge in [0, 0.05) is 11.3 Å². The molecule has 0 saturated heterocycles. The van der Waals surface area contributed by atoms with Crippen LogP contribution in [0.2, 0.25) is 0 Å². The van der Waals surface area contributed by atoms with Gasteiger partial charge in [-0.3, -0.25) is 4.31 Å². The first-order chi connectivity index (χ1) is 34.9. The van der Waals surface area contributed by atoms with Crippen LogP contribution in [-0.4, -0.2) is 92.7 Å². The zero-order valence-electron chi connectivity index (χ0n) is 40.8. The maximum absolute atomic E-state index is 13.8. The molecule has 2 aromatic heterocycles. The Morgan fingerprint density at radius 1 is 0.933 bits per heavy atom. The Bertz CT molecular complexity index is 3310. The molecule has 0 saturated carbocycles. The van der Waals surface area contributed by atoms with Crippen LogP contribution in [0.1, 0.15) is 51.7 Å². The van der Waals surface area contributed by atoms with Gasteiger partial charge in [-0.05, 0) is 93.7 Å². The van der Waals surface area contributed by atoms with E-state index in [9.17, 15) is 53.1 Å². The predicted octanol–water partition coefficient (Wildman–Crippen LogP) is 2.91. The Morgan fingerprint density at radius 3 is 2.21 bits per heavy atom. The van der Waals surface area contributed by atoms with E-state index in [0.29, 0.717) is 29.4 Å². The number of ether oxygens (including phenoxy) is 6. The summed E-state index contributed by atoms with van der Waals surface area (Å²) >= 11 is 0. The molecular formula is C46H45F6N8NaO12S2. The average Bonchev–Trinajstić information content (AvgIpc) is 3.77. The van der Waals surface area contributed by atoms with Crippen molar-refractivity contribution in [2.24, 2.45) is 4.40 Å². The number of hydrogen-bond acceptors (Lipinski definition) is 16. The van der Waals surface area contributed by atoms with E-state index in [-0.39, 0.29) is 63.6 Å². The van der Waals surface area contributed by atoms with Gasteiger partial charge in [0.15, 0.2) is 23.4 Å². The van der Waals surface area contributed by atoms with Gasteiger partial charge in [-0.25, -0.2) is 31.1 Å². The number of alkyl halides is 5. The second kappa shape index (κ2) is 26.4. The number of methoxy groups -OCH3 is 2. The monoisotopic (exact) mass is 1100 g/mol. The third-order valence-electron chi connectivity index (χ3n) is 9.61. The van der Waals surface area contributed by atoms with Crippen molar-refractivity contribution in [1.82, 2.24) is 23.9 Å². The molecule has 20 nitrogen and oxygen atoms in total. The molecule has 0 bridgehead atoms. The van der Waals surface area contributed by atoms with Crippen molar-refractivity contribution < 1.29 is 111 Å². The van der Waals surface area contributed by atoms with Gasteiger partial charge in [0.05, 0.1) is 49.6 Å². The van der Waals surface area contributed by atoms with E-state index in [4.69, 9.17) is 28.9 Å². The molecule has 0 spiro atoms. The molecule has 0 radical (unpaired) electrons. The number of fused-ring (bicyclic) bond motifs is 2. The number of halogens is 6. The topological polar surface area (TPSA) is 258 Å². The number of rotatable bonds is 17. The number of nitrogens with zero attached hydrogens (tertiary/aromatic N) is 7. The van der Waals surface area contributed by atoms with Crippen molar-refractivity contribution >= 4 is 43.7 Å². The smallest absolute Gasteiger partial charge is 0.859 e. The standard InChI is InChI=1S/C20H20FNO4.C16H14F5N5O5S.C10H12N2O3S.Na/c1-3-4-11-24-20(23)14(2)25-16-6-8-17(9-7-16)26-19-10-5-15(13-22)12-18(19)21;1-29-10-6-22-15(30-2)26-13(10)23-14(24-26)25-32(27,28)12-8(16(19,20)21)4-3-5-9(12)31-7-11(17)18;1-7(2)12-10(13)8-5-3-4-6-9(8)11-16(12,14)15;/h5-10,12,14H,3-4,11H2,1-2H3;3-6,11H,7H2,1-2H3,(H,24,25);3-7,13H,1-2H3;/q;;;+1/p-1/t14-;;;/m1.../s1. The number of unbranched alkanes of at least 4 members (excludes halogenated alkanes) is 1. The van der Waals surface area contributed by atoms with E-state index in [2.05, 4.69) is 24.2 Å². The number of benzene rings is 4. The van der Waals surface area contributed by atoms with Crippen molar-refractivity contribution in [2.45, 2.75) is 70.2 Å². The van der Waals surface area contributed by atoms with Crippen LogP contribution in [0, 0.1) is 17.1 Å². The molecule has 4 aromatic carbocycles. The number of carbonyl (C=O) groups is 1. The normalized spacial score (nSPS) is 13.0. The summed E-state index contributed by atoms with van der Waals surface area (Å²) in [5, 5.41) is 25.0. The number of esters is 1.